The van der Waals surface area contributed by atoms with E-state index in [9.17, 15) is 4.79 Å². The van der Waals surface area contributed by atoms with Gasteiger partial charge in [-0.05, 0) is 30.5 Å². The van der Waals surface area contributed by atoms with Gasteiger partial charge in [0.15, 0.2) is 0 Å². The van der Waals surface area contributed by atoms with Gasteiger partial charge in [0, 0.05) is 39.0 Å². The van der Waals surface area contributed by atoms with Gasteiger partial charge in [0.2, 0.25) is 5.91 Å². The Hall–Kier alpha value is -1.50. The lowest BCUT2D eigenvalue weighted by Crippen LogP contribution is -2.46. The molecular weight excluding hydrogens is 294 g/mol. The SMILES string of the molecule is CC(=O)N1CCOC[C@@]2(CC[C@H](CNCc3ccncc3)O2)C1. The van der Waals surface area contributed by atoms with Crippen molar-refractivity contribution >= 4 is 5.91 Å². The minimum atomic E-state index is -0.328. The summed E-state index contributed by atoms with van der Waals surface area (Å²) in [5.74, 6) is 0.0951. The van der Waals surface area contributed by atoms with Crippen molar-refractivity contribution in [3.8, 4) is 0 Å². The molecule has 1 aromatic heterocycles. The largest absolute Gasteiger partial charge is 0.377 e. The third kappa shape index (κ3) is 4.28. The molecule has 6 nitrogen and oxygen atoms in total. The van der Waals surface area contributed by atoms with E-state index in [1.54, 1.807) is 19.3 Å². The van der Waals surface area contributed by atoms with Crippen molar-refractivity contribution in [2.45, 2.75) is 38.0 Å². The first kappa shape index (κ1) is 16.4. The number of carbonyl (C=O) groups is 1. The zero-order valence-corrected chi connectivity index (χ0v) is 13.7. The van der Waals surface area contributed by atoms with Gasteiger partial charge in [-0.25, -0.2) is 0 Å². The van der Waals surface area contributed by atoms with Crippen LogP contribution in [0.3, 0.4) is 0 Å². The molecule has 2 aliphatic rings. The molecule has 0 radical (unpaired) electrons. The molecule has 6 heteroatoms. The summed E-state index contributed by atoms with van der Waals surface area (Å²) in [6, 6.07) is 4.02. The van der Waals surface area contributed by atoms with Gasteiger partial charge < -0.3 is 19.7 Å². The van der Waals surface area contributed by atoms with Crippen LogP contribution in [-0.2, 0) is 20.8 Å². The number of pyridine rings is 1. The summed E-state index contributed by atoms with van der Waals surface area (Å²) in [5, 5.41) is 3.44. The zero-order valence-electron chi connectivity index (χ0n) is 13.7. The number of amides is 1. The smallest absolute Gasteiger partial charge is 0.219 e. The summed E-state index contributed by atoms with van der Waals surface area (Å²) >= 11 is 0. The van der Waals surface area contributed by atoms with Crippen LogP contribution in [0.2, 0.25) is 0 Å². The summed E-state index contributed by atoms with van der Waals surface area (Å²) in [4.78, 5) is 17.6. The quantitative estimate of drug-likeness (QED) is 0.896. The van der Waals surface area contributed by atoms with Crippen LogP contribution in [0, 0.1) is 0 Å². The van der Waals surface area contributed by atoms with Gasteiger partial charge in [0.05, 0.1) is 25.9 Å². The van der Waals surface area contributed by atoms with Crippen LogP contribution < -0.4 is 5.32 Å². The average Bonchev–Trinajstić information content (AvgIpc) is 2.81. The van der Waals surface area contributed by atoms with E-state index < -0.39 is 0 Å². The van der Waals surface area contributed by atoms with Crippen LogP contribution >= 0.6 is 0 Å². The van der Waals surface area contributed by atoms with E-state index in [-0.39, 0.29) is 17.6 Å². The maximum atomic E-state index is 11.7. The highest BCUT2D eigenvalue weighted by Crippen LogP contribution is 2.32. The van der Waals surface area contributed by atoms with E-state index >= 15 is 0 Å². The Bertz CT molecular complexity index is 525. The summed E-state index contributed by atoms with van der Waals surface area (Å²) in [6.07, 6.45) is 5.72. The third-order valence-corrected chi connectivity index (χ3v) is 4.58. The highest BCUT2D eigenvalue weighted by atomic mass is 16.6. The van der Waals surface area contributed by atoms with Crippen molar-refractivity contribution in [2.75, 3.05) is 32.8 Å². The predicted molar refractivity (Wildman–Crippen MR) is 85.9 cm³/mol. The van der Waals surface area contributed by atoms with Crippen molar-refractivity contribution in [1.29, 1.82) is 0 Å². The molecule has 0 aliphatic carbocycles. The van der Waals surface area contributed by atoms with Gasteiger partial charge in [-0.3, -0.25) is 9.78 Å². The molecule has 1 N–H and O–H groups in total. The van der Waals surface area contributed by atoms with Gasteiger partial charge >= 0.3 is 0 Å². The van der Waals surface area contributed by atoms with Crippen molar-refractivity contribution in [2.24, 2.45) is 0 Å². The first-order valence-corrected chi connectivity index (χ1v) is 8.28. The Labute approximate surface area is 137 Å². The fourth-order valence-corrected chi connectivity index (χ4v) is 3.31. The molecule has 23 heavy (non-hydrogen) atoms. The van der Waals surface area contributed by atoms with Crippen molar-refractivity contribution < 1.29 is 14.3 Å². The van der Waals surface area contributed by atoms with E-state index in [4.69, 9.17) is 9.47 Å². The maximum absolute atomic E-state index is 11.7. The maximum Gasteiger partial charge on any atom is 0.219 e. The molecule has 0 unspecified atom stereocenters. The summed E-state index contributed by atoms with van der Waals surface area (Å²) in [7, 11) is 0. The molecule has 2 fully saturated rings. The van der Waals surface area contributed by atoms with Gasteiger partial charge in [0.25, 0.3) is 0 Å². The second-order valence-electron chi connectivity index (χ2n) is 6.44. The predicted octanol–water partition coefficient (Wildman–Crippen LogP) is 0.968. The Kier molecular flexibility index (Phi) is 5.25. The monoisotopic (exact) mass is 319 g/mol. The number of carbonyl (C=O) groups excluding carboxylic acids is 1. The summed E-state index contributed by atoms with van der Waals surface area (Å²) in [5.41, 5.74) is 0.888. The number of hydrogen-bond donors (Lipinski definition) is 1. The molecule has 1 spiro atoms. The second-order valence-corrected chi connectivity index (χ2v) is 6.44. The number of hydrogen-bond acceptors (Lipinski definition) is 5. The highest BCUT2D eigenvalue weighted by Gasteiger charge is 2.43. The molecule has 1 aromatic rings. The minimum Gasteiger partial charge on any atom is -0.377 e. The number of aromatic nitrogens is 1. The van der Waals surface area contributed by atoms with Crippen molar-refractivity contribution in [1.82, 2.24) is 15.2 Å². The summed E-state index contributed by atoms with van der Waals surface area (Å²) in [6.45, 7) is 5.71. The molecule has 0 aromatic carbocycles. The first-order chi connectivity index (χ1) is 11.2. The number of rotatable bonds is 4. The minimum absolute atomic E-state index is 0.0951. The Balaban J connectivity index is 1.50. The molecule has 0 bridgehead atoms. The van der Waals surface area contributed by atoms with Crippen LogP contribution in [0.25, 0.3) is 0 Å². The number of ether oxygens (including phenoxy) is 2. The van der Waals surface area contributed by atoms with Gasteiger partial charge in [-0.1, -0.05) is 0 Å². The molecule has 3 rings (SSSR count). The second kappa shape index (κ2) is 7.38. The normalized spacial score (nSPS) is 28.0. The first-order valence-electron chi connectivity index (χ1n) is 8.28. The Morgan fingerprint density at radius 1 is 1.48 bits per heavy atom. The lowest BCUT2D eigenvalue weighted by Gasteiger charge is -2.31. The van der Waals surface area contributed by atoms with Crippen LogP contribution in [0.4, 0.5) is 0 Å². The van der Waals surface area contributed by atoms with Crippen molar-refractivity contribution in [3.63, 3.8) is 0 Å². The fraction of sp³-hybridized carbons (Fsp3) is 0.647. The van der Waals surface area contributed by atoms with Gasteiger partial charge in [0.1, 0.15) is 5.60 Å². The topological polar surface area (TPSA) is 63.7 Å². The molecule has 2 saturated heterocycles. The van der Waals surface area contributed by atoms with Crippen LogP contribution in [0.5, 0.6) is 0 Å². The third-order valence-electron chi connectivity index (χ3n) is 4.58. The molecule has 0 saturated carbocycles. The van der Waals surface area contributed by atoms with E-state index in [0.717, 1.165) is 25.9 Å². The van der Waals surface area contributed by atoms with Crippen molar-refractivity contribution in [3.05, 3.63) is 30.1 Å². The Morgan fingerprint density at radius 2 is 2.30 bits per heavy atom. The highest BCUT2D eigenvalue weighted by molar-refractivity contribution is 5.73. The molecule has 1 amide bonds. The molecule has 2 atom stereocenters. The van der Waals surface area contributed by atoms with E-state index in [1.165, 1.54) is 5.56 Å². The van der Waals surface area contributed by atoms with E-state index in [2.05, 4.69) is 10.3 Å². The zero-order chi connectivity index (χ0) is 16.1. The van der Waals surface area contributed by atoms with Crippen LogP contribution in [0.1, 0.15) is 25.3 Å². The molecule has 3 heterocycles. The molecule has 2 aliphatic heterocycles. The van der Waals surface area contributed by atoms with E-state index in [1.807, 2.05) is 17.0 Å². The van der Waals surface area contributed by atoms with Crippen LogP contribution in [0.15, 0.2) is 24.5 Å². The average molecular weight is 319 g/mol. The van der Waals surface area contributed by atoms with Crippen LogP contribution in [-0.4, -0.2) is 60.3 Å². The number of nitrogens with one attached hydrogen (secondary N) is 1. The molecular formula is C17H25N3O3. The standard InChI is InChI=1S/C17H25N3O3/c1-14(21)20-8-9-22-13-17(12-20)5-2-16(23-17)11-19-10-15-3-6-18-7-4-15/h3-4,6-7,16,19H,2,5,8-13H2,1H3/t16-,17-/m1/s1. The Morgan fingerprint density at radius 3 is 3.09 bits per heavy atom. The number of nitrogens with zero attached hydrogens (tertiary/aromatic N) is 2. The van der Waals surface area contributed by atoms with Gasteiger partial charge in [-0.15, -0.1) is 0 Å². The molecule has 126 valence electrons. The summed E-state index contributed by atoms with van der Waals surface area (Å²) < 4.78 is 12.0. The fourth-order valence-electron chi connectivity index (χ4n) is 3.31. The lowest BCUT2D eigenvalue weighted by molar-refractivity contribution is -0.133. The van der Waals surface area contributed by atoms with E-state index in [0.29, 0.717) is 26.3 Å². The van der Waals surface area contributed by atoms with Gasteiger partial charge in [-0.2, -0.15) is 0 Å². The lowest BCUT2D eigenvalue weighted by atomic mass is 10.00.